The molecule has 11 heteroatoms. The number of carbonyl (C=O) groups is 1. The summed E-state index contributed by atoms with van der Waals surface area (Å²) in [4.78, 5) is 10.7. The van der Waals surface area contributed by atoms with Gasteiger partial charge in [-0.2, -0.15) is 26.3 Å². The molecule has 0 aliphatic heterocycles. The van der Waals surface area contributed by atoms with E-state index < -0.39 is 47.4 Å². The molecule has 0 fully saturated rings. The topological polar surface area (TPSA) is 61.5 Å². The van der Waals surface area contributed by atoms with Crippen LogP contribution in [0.5, 0.6) is 11.5 Å². The maximum absolute atomic E-state index is 13.3. The van der Waals surface area contributed by atoms with E-state index in [4.69, 9.17) is 15.2 Å². The number of hydrogen-bond donors (Lipinski definition) is 1. The number of amides is 1. The van der Waals surface area contributed by atoms with Crippen LogP contribution in [0.1, 0.15) is 22.3 Å². The van der Waals surface area contributed by atoms with Gasteiger partial charge in [-0.1, -0.05) is 12.1 Å². The lowest BCUT2D eigenvalue weighted by molar-refractivity contribution is -0.143. The Kier molecular flexibility index (Phi) is 6.63. The number of alkyl halides is 6. The first-order valence-electron chi connectivity index (χ1n) is 8.08. The highest BCUT2D eigenvalue weighted by atomic mass is 19.4. The Morgan fingerprint density at radius 3 is 2.20 bits per heavy atom. The minimum Gasteiger partial charge on any atom is -0.493 e. The van der Waals surface area contributed by atoms with Gasteiger partial charge in [0.2, 0.25) is 0 Å². The van der Waals surface area contributed by atoms with Crippen molar-refractivity contribution in [3.05, 3.63) is 64.5 Å². The molecule has 0 aliphatic carbocycles. The summed E-state index contributed by atoms with van der Waals surface area (Å²) in [5, 5.41) is 0. The molecule has 0 bridgehead atoms. The Labute approximate surface area is 165 Å². The normalized spacial score (nSPS) is 12.6. The van der Waals surface area contributed by atoms with E-state index in [-0.39, 0.29) is 23.1 Å². The fourth-order valence-corrected chi connectivity index (χ4v) is 2.41. The van der Waals surface area contributed by atoms with E-state index >= 15 is 0 Å². The van der Waals surface area contributed by atoms with Gasteiger partial charge in [0.15, 0.2) is 17.3 Å². The van der Waals surface area contributed by atoms with Crippen LogP contribution < -0.4 is 15.2 Å². The van der Waals surface area contributed by atoms with Crippen molar-refractivity contribution in [3.63, 3.8) is 0 Å². The third-order valence-electron chi connectivity index (χ3n) is 3.84. The highest BCUT2D eigenvalue weighted by Crippen LogP contribution is 2.38. The molecule has 162 valence electrons. The fourth-order valence-electron chi connectivity index (χ4n) is 2.41. The first-order valence-corrected chi connectivity index (χ1v) is 8.08. The van der Waals surface area contributed by atoms with Crippen molar-refractivity contribution < 1.29 is 45.0 Å². The number of methoxy groups -OCH3 is 1. The summed E-state index contributed by atoms with van der Waals surface area (Å²) in [6.45, 7) is -0.714. The van der Waals surface area contributed by atoms with Gasteiger partial charge in [0.25, 0.3) is 5.91 Å². The molecule has 0 saturated heterocycles. The van der Waals surface area contributed by atoms with Crippen molar-refractivity contribution in [1.82, 2.24) is 0 Å². The maximum atomic E-state index is 13.3. The van der Waals surface area contributed by atoms with Crippen molar-refractivity contribution in [2.75, 3.05) is 7.11 Å². The summed E-state index contributed by atoms with van der Waals surface area (Å²) in [5.74, 6) is -2.59. The molecular weight excluding hydrogens is 423 g/mol. The summed E-state index contributed by atoms with van der Waals surface area (Å²) in [5.41, 5.74) is 1.48. The third-order valence-corrected chi connectivity index (χ3v) is 3.84. The van der Waals surface area contributed by atoms with Crippen LogP contribution in [-0.2, 0) is 23.8 Å². The van der Waals surface area contributed by atoms with Crippen molar-refractivity contribution in [2.45, 2.75) is 19.0 Å². The summed E-state index contributed by atoms with van der Waals surface area (Å²) >= 11 is 0. The first-order chi connectivity index (χ1) is 13.8. The van der Waals surface area contributed by atoms with Gasteiger partial charge >= 0.3 is 12.4 Å². The van der Waals surface area contributed by atoms with Crippen LogP contribution in [-0.4, -0.2) is 13.0 Å². The predicted octanol–water partition coefficient (Wildman–Crippen LogP) is 5.11. The molecule has 4 nitrogen and oxygen atoms in total. The fraction of sp³-hybridized carbons (Fsp3) is 0.211. The van der Waals surface area contributed by atoms with E-state index in [0.29, 0.717) is 12.1 Å². The van der Waals surface area contributed by atoms with Crippen molar-refractivity contribution in [3.8, 4) is 11.5 Å². The number of hydrogen-bond acceptors (Lipinski definition) is 3. The number of halogens is 7. The van der Waals surface area contributed by atoms with Crippen LogP contribution in [0.4, 0.5) is 30.7 Å². The molecule has 2 aromatic carbocycles. The van der Waals surface area contributed by atoms with E-state index in [0.717, 1.165) is 6.08 Å². The van der Waals surface area contributed by atoms with Crippen LogP contribution in [0.25, 0.3) is 6.08 Å². The molecule has 0 radical (unpaired) electrons. The summed E-state index contributed by atoms with van der Waals surface area (Å²) in [7, 11) is 1.21. The largest absolute Gasteiger partial charge is 0.493 e. The predicted molar refractivity (Wildman–Crippen MR) is 92.1 cm³/mol. The number of carbonyl (C=O) groups excluding carboxylic acids is 1. The zero-order valence-electron chi connectivity index (χ0n) is 15.2. The number of ether oxygens (including phenoxy) is 2. The van der Waals surface area contributed by atoms with Crippen LogP contribution in [0.3, 0.4) is 0 Å². The van der Waals surface area contributed by atoms with Crippen LogP contribution in [0.15, 0.2) is 42.2 Å². The lowest BCUT2D eigenvalue weighted by Crippen LogP contribution is -2.14. The average molecular weight is 437 g/mol. The summed E-state index contributed by atoms with van der Waals surface area (Å²) in [6, 6.07) is 4.95. The monoisotopic (exact) mass is 437 g/mol. The second-order valence-electron chi connectivity index (χ2n) is 5.92. The quantitative estimate of drug-likeness (QED) is 0.505. The highest BCUT2D eigenvalue weighted by molar-refractivity contribution is 5.94. The second-order valence-corrected chi connectivity index (χ2v) is 5.92. The number of nitrogens with two attached hydrogens (primary N) is 1. The zero-order chi connectivity index (χ0) is 22.7. The second kappa shape index (κ2) is 8.64. The molecule has 2 aromatic rings. The molecule has 2 rings (SSSR count). The molecule has 0 aliphatic rings. The Morgan fingerprint density at radius 2 is 1.67 bits per heavy atom. The lowest BCUT2D eigenvalue weighted by atomic mass is 10.0. The Hall–Kier alpha value is -3.24. The standard InChI is InChI=1S/C19H14F7NO3/c1-29-16-7-10(6-14(20)17(27)28)2-5-15(16)30-9-11-3-4-12(18(21,22)23)8-13(11)19(24,25)26/h2-8H,9H2,1H3,(H2,27,28)/b14-6-. The minimum absolute atomic E-state index is 0.0103. The van der Waals surface area contributed by atoms with Gasteiger partial charge in [0, 0.05) is 5.56 Å². The number of benzene rings is 2. The lowest BCUT2D eigenvalue weighted by Gasteiger charge is -2.17. The Bertz CT molecular complexity index is 966. The molecule has 0 atom stereocenters. The molecule has 0 unspecified atom stereocenters. The average Bonchev–Trinajstić information content (AvgIpc) is 2.65. The summed E-state index contributed by atoms with van der Waals surface area (Å²) in [6.07, 6.45) is -9.16. The SMILES string of the molecule is COc1cc(/C=C(\F)C(N)=O)ccc1OCc1ccc(C(F)(F)F)cc1C(F)(F)F. The van der Waals surface area contributed by atoms with Crippen molar-refractivity contribution in [2.24, 2.45) is 5.73 Å². The number of primary amides is 1. The van der Waals surface area contributed by atoms with E-state index in [1.54, 1.807) is 0 Å². The van der Waals surface area contributed by atoms with E-state index in [1.807, 2.05) is 0 Å². The van der Waals surface area contributed by atoms with Gasteiger partial charge < -0.3 is 15.2 Å². The summed E-state index contributed by atoms with van der Waals surface area (Å²) < 4.78 is 101. The minimum atomic E-state index is -5.04. The van der Waals surface area contributed by atoms with Gasteiger partial charge in [-0.05, 0) is 35.9 Å². The van der Waals surface area contributed by atoms with Crippen molar-refractivity contribution in [1.29, 1.82) is 0 Å². The number of rotatable bonds is 6. The van der Waals surface area contributed by atoms with E-state index in [9.17, 15) is 35.5 Å². The molecule has 30 heavy (non-hydrogen) atoms. The van der Waals surface area contributed by atoms with Gasteiger partial charge in [-0.3, -0.25) is 4.79 Å². The molecule has 0 aromatic heterocycles. The zero-order valence-corrected chi connectivity index (χ0v) is 15.2. The van der Waals surface area contributed by atoms with E-state index in [2.05, 4.69) is 0 Å². The Morgan fingerprint density at radius 1 is 1.00 bits per heavy atom. The molecule has 1 amide bonds. The highest BCUT2D eigenvalue weighted by Gasteiger charge is 2.38. The van der Waals surface area contributed by atoms with Gasteiger partial charge in [-0.15, -0.1) is 0 Å². The van der Waals surface area contributed by atoms with Crippen molar-refractivity contribution >= 4 is 12.0 Å². The molecule has 0 saturated carbocycles. The Balaban J connectivity index is 2.32. The van der Waals surface area contributed by atoms with Gasteiger partial charge in [0.05, 0.1) is 18.2 Å². The van der Waals surface area contributed by atoms with Crippen LogP contribution in [0.2, 0.25) is 0 Å². The van der Waals surface area contributed by atoms with Gasteiger partial charge in [-0.25, -0.2) is 4.39 Å². The maximum Gasteiger partial charge on any atom is 0.416 e. The molecule has 0 heterocycles. The third kappa shape index (κ3) is 5.65. The molecular formula is C19H14F7NO3. The molecule has 2 N–H and O–H groups in total. The smallest absolute Gasteiger partial charge is 0.416 e. The van der Waals surface area contributed by atoms with E-state index in [1.165, 1.54) is 25.3 Å². The van der Waals surface area contributed by atoms with Gasteiger partial charge in [0.1, 0.15) is 6.61 Å². The van der Waals surface area contributed by atoms with Crippen LogP contribution >= 0.6 is 0 Å². The molecule has 0 spiro atoms. The first kappa shape index (κ1) is 23.0. The van der Waals surface area contributed by atoms with Crippen LogP contribution in [0, 0.1) is 0 Å².